The Hall–Kier alpha value is -1.36. The van der Waals surface area contributed by atoms with Gasteiger partial charge in [0.15, 0.2) is 0 Å². The summed E-state index contributed by atoms with van der Waals surface area (Å²) in [5.41, 5.74) is 1.10. The van der Waals surface area contributed by atoms with Crippen molar-refractivity contribution in [3.05, 3.63) is 17.7 Å². The van der Waals surface area contributed by atoms with Crippen molar-refractivity contribution >= 4 is 5.97 Å². The maximum absolute atomic E-state index is 11.1. The summed E-state index contributed by atoms with van der Waals surface area (Å²) in [6.07, 6.45) is 6.79. The van der Waals surface area contributed by atoms with Crippen LogP contribution in [-0.2, 0) is 24.2 Å². The van der Waals surface area contributed by atoms with Crippen LogP contribution in [0.4, 0.5) is 0 Å². The summed E-state index contributed by atoms with van der Waals surface area (Å²) in [6, 6.07) is 0.615. The van der Waals surface area contributed by atoms with Crippen molar-refractivity contribution in [2.75, 3.05) is 13.1 Å². The highest BCUT2D eigenvalue weighted by Gasteiger charge is 2.29. The second-order valence-electron chi connectivity index (χ2n) is 5.97. The molecule has 0 spiro atoms. The first-order valence-electron chi connectivity index (χ1n) is 7.69. The number of likely N-dealkylation sites (tertiary alicyclic amines) is 1. The van der Waals surface area contributed by atoms with Crippen LogP contribution in [0, 0.1) is 5.92 Å². The molecular formula is C15H23N3O2. The van der Waals surface area contributed by atoms with Crippen molar-refractivity contribution in [2.24, 2.45) is 5.92 Å². The van der Waals surface area contributed by atoms with Crippen LogP contribution < -0.4 is 0 Å². The van der Waals surface area contributed by atoms with Crippen molar-refractivity contribution in [1.29, 1.82) is 0 Å². The highest BCUT2D eigenvalue weighted by atomic mass is 16.4. The predicted molar refractivity (Wildman–Crippen MR) is 75.6 cm³/mol. The Bertz CT molecular complexity index is 497. The summed E-state index contributed by atoms with van der Waals surface area (Å²) in [5, 5.41) is 9.13. The molecule has 2 unspecified atom stereocenters. The largest absolute Gasteiger partial charge is 0.481 e. The molecule has 1 fully saturated rings. The van der Waals surface area contributed by atoms with Gasteiger partial charge in [-0.25, -0.2) is 4.98 Å². The third-order valence-electron chi connectivity index (χ3n) is 4.85. The zero-order valence-corrected chi connectivity index (χ0v) is 12.1. The van der Waals surface area contributed by atoms with E-state index in [1.54, 1.807) is 0 Å². The lowest BCUT2D eigenvalue weighted by Crippen LogP contribution is -2.32. The predicted octanol–water partition coefficient (Wildman–Crippen LogP) is 1.56. The van der Waals surface area contributed by atoms with Crippen molar-refractivity contribution in [3.8, 4) is 0 Å². The van der Waals surface area contributed by atoms with E-state index in [0.29, 0.717) is 12.5 Å². The number of aliphatic carboxylic acids is 1. The minimum absolute atomic E-state index is 0.231. The Morgan fingerprint density at radius 2 is 2.30 bits per heavy atom. The number of hydrogen-bond donors (Lipinski definition) is 1. The van der Waals surface area contributed by atoms with E-state index in [2.05, 4.69) is 21.4 Å². The Kier molecular flexibility index (Phi) is 3.78. The van der Waals surface area contributed by atoms with Crippen LogP contribution in [0.1, 0.15) is 37.7 Å². The van der Waals surface area contributed by atoms with E-state index >= 15 is 0 Å². The third-order valence-corrected chi connectivity index (χ3v) is 4.85. The molecule has 0 radical (unpaired) electrons. The molecule has 0 aromatic carbocycles. The number of carbonyl (C=O) groups is 1. The molecule has 5 heteroatoms. The van der Waals surface area contributed by atoms with Crippen LogP contribution in [0.3, 0.4) is 0 Å². The first-order chi connectivity index (χ1) is 9.69. The third kappa shape index (κ3) is 2.46. The van der Waals surface area contributed by atoms with E-state index in [4.69, 9.17) is 5.11 Å². The van der Waals surface area contributed by atoms with Gasteiger partial charge in [-0.3, -0.25) is 4.79 Å². The fourth-order valence-corrected chi connectivity index (χ4v) is 3.66. The Labute approximate surface area is 119 Å². The normalized spacial score (nSPS) is 26.6. The van der Waals surface area contributed by atoms with Crippen LogP contribution in [0.25, 0.3) is 0 Å². The summed E-state index contributed by atoms with van der Waals surface area (Å²) in [5.74, 6) is 0.242. The maximum atomic E-state index is 11.1. The van der Waals surface area contributed by atoms with Crippen LogP contribution in [0.15, 0.2) is 6.20 Å². The van der Waals surface area contributed by atoms with Gasteiger partial charge in [-0.15, -0.1) is 0 Å². The average molecular weight is 277 g/mol. The van der Waals surface area contributed by atoms with Crippen molar-refractivity contribution < 1.29 is 9.90 Å². The van der Waals surface area contributed by atoms with Crippen molar-refractivity contribution in [1.82, 2.24) is 14.5 Å². The fourth-order valence-electron chi connectivity index (χ4n) is 3.66. The molecule has 1 aromatic heterocycles. The summed E-state index contributed by atoms with van der Waals surface area (Å²) in [6.45, 7) is 5.34. The molecule has 1 saturated heterocycles. The van der Waals surface area contributed by atoms with Gasteiger partial charge in [0.25, 0.3) is 0 Å². The molecular weight excluding hydrogens is 254 g/mol. The minimum Gasteiger partial charge on any atom is -0.481 e. The lowest BCUT2D eigenvalue weighted by Gasteiger charge is -2.25. The number of imidazole rings is 1. The van der Waals surface area contributed by atoms with Crippen molar-refractivity contribution in [2.45, 2.75) is 51.6 Å². The van der Waals surface area contributed by atoms with E-state index in [1.807, 2.05) is 6.20 Å². The molecule has 0 amide bonds. The summed E-state index contributed by atoms with van der Waals surface area (Å²) in [7, 11) is 0. The second kappa shape index (κ2) is 5.56. The van der Waals surface area contributed by atoms with Crippen molar-refractivity contribution in [3.63, 3.8) is 0 Å². The molecule has 2 aliphatic heterocycles. The molecule has 0 aliphatic carbocycles. The van der Waals surface area contributed by atoms with E-state index in [0.717, 1.165) is 37.4 Å². The van der Waals surface area contributed by atoms with Gasteiger partial charge in [0.2, 0.25) is 0 Å². The molecule has 3 heterocycles. The zero-order valence-electron chi connectivity index (χ0n) is 12.1. The Balaban J connectivity index is 1.72. The monoisotopic (exact) mass is 277 g/mol. The molecule has 1 N–H and O–H groups in total. The SMILES string of the molecule is CCN1CCCC1Cc1ncc2n1CCC(C(=O)O)C2. The number of aromatic nitrogens is 2. The van der Waals surface area contributed by atoms with E-state index in [1.165, 1.54) is 19.4 Å². The topological polar surface area (TPSA) is 58.4 Å². The number of carboxylic acids is 1. The highest BCUT2D eigenvalue weighted by Crippen LogP contribution is 2.25. The van der Waals surface area contributed by atoms with Crippen LogP contribution in [0.5, 0.6) is 0 Å². The van der Waals surface area contributed by atoms with Gasteiger partial charge in [-0.05, 0) is 32.4 Å². The molecule has 0 bridgehead atoms. The van der Waals surface area contributed by atoms with Gasteiger partial charge in [-0.1, -0.05) is 6.92 Å². The highest BCUT2D eigenvalue weighted by molar-refractivity contribution is 5.70. The van der Waals surface area contributed by atoms with E-state index < -0.39 is 5.97 Å². The van der Waals surface area contributed by atoms with Gasteiger partial charge in [0, 0.05) is 37.3 Å². The first kappa shape index (κ1) is 13.6. The Morgan fingerprint density at radius 3 is 3.05 bits per heavy atom. The molecule has 1 aromatic rings. The lowest BCUT2D eigenvalue weighted by molar-refractivity contribution is -0.142. The summed E-state index contributed by atoms with van der Waals surface area (Å²) >= 11 is 0. The number of carboxylic acid groups (broad SMARTS) is 1. The van der Waals surface area contributed by atoms with Gasteiger partial charge >= 0.3 is 5.97 Å². The number of rotatable bonds is 4. The number of fused-ring (bicyclic) bond motifs is 1. The van der Waals surface area contributed by atoms with Crippen LogP contribution in [0.2, 0.25) is 0 Å². The summed E-state index contributed by atoms with van der Waals surface area (Å²) in [4.78, 5) is 18.2. The van der Waals surface area contributed by atoms with Gasteiger partial charge in [0.05, 0.1) is 5.92 Å². The first-order valence-corrected chi connectivity index (χ1v) is 7.69. The molecule has 0 saturated carbocycles. The molecule has 2 atom stereocenters. The molecule has 5 nitrogen and oxygen atoms in total. The number of nitrogens with zero attached hydrogens (tertiary/aromatic N) is 3. The minimum atomic E-state index is -0.674. The van der Waals surface area contributed by atoms with Gasteiger partial charge in [-0.2, -0.15) is 0 Å². The number of likely N-dealkylation sites (N-methyl/N-ethyl adjacent to an activating group) is 1. The van der Waals surface area contributed by atoms with Gasteiger partial charge < -0.3 is 14.6 Å². The molecule has 3 rings (SSSR count). The van der Waals surface area contributed by atoms with Gasteiger partial charge in [0.1, 0.15) is 5.82 Å². The second-order valence-corrected chi connectivity index (χ2v) is 5.97. The Morgan fingerprint density at radius 1 is 1.45 bits per heavy atom. The lowest BCUT2D eigenvalue weighted by atomic mass is 9.96. The van der Waals surface area contributed by atoms with Crippen LogP contribution >= 0.6 is 0 Å². The van der Waals surface area contributed by atoms with E-state index in [-0.39, 0.29) is 5.92 Å². The standard InChI is InChI=1S/C15H23N3O2/c1-2-17-6-3-4-12(17)9-14-16-10-13-8-11(15(19)20)5-7-18(13)14/h10-12H,2-9H2,1H3,(H,19,20). The molecule has 2 aliphatic rings. The fraction of sp³-hybridized carbons (Fsp3) is 0.733. The van der Waals surface area contributed by atoms with E-state index in [9.17, 15) is 4.79 Å². The molecule has 20 heavy (non-hydrogen) atoms. The maximum Gasteiger partial charge on any atom is 0.306 e. The number of hydrogen-bond acceptors (Lipinski definition) is 3. The quantitative estimate of drug-likeness (QED) is 0.907. The molecule has 110 valence electrons. The zero-order chi connectivity index (χ0) is 14.1. The smallest absolute Gasteiger partial charge is 0.306 e. The average Bonchev–Trinajstić information content (AvgIpc) is 3.05. The summed E-state index contributed by atoms with van der Waals surface area (Å²) < 4.78 is 2.26. The van der Waals surface area contributed by atoms with Crippen LogP contribution in [-0.4, -0.2) is 44.7 Å².